The fraction of sp³-hybridized carbons (Fsp3) is 0.789. The van der Waals surface area contributed by atoms with E-state index in [1.54, 1.807) is 0 Å². The van der Waals surface area contributed by atoms with Crippen LogP contribution in [0.1, 0.15) is 47.0 Å². The van der Waals surface area contributed by atoms with Gasteiger partial charge in [0.1, 0.15) is 6.04 Å². The molecule has 0 aromatic carbocycles. The smallest absolute Gasteiger partial charge is 0.373 e. The minimum absolute atomic E-state index is 0.0326. The normalized spacial score (nSPS) is 14.3. The van der Waals surface area contributed by atoms with Gasteiger partial charge in [0.2, 0.25) is 5.91 Å². The van der Waals surface area contributed by atoms with E-state index in [0.29, 0.717) is 12.8 Å². The first kappa shape index (κ1) is 27.9. The molecule has 0 fully saturated rings. The number of carbonyl (C=O) groups excluding carboxylic acids is 3. The van der Waals surface area contributed by atoms with Crippen LogP contribution in [0.15, 0.2) is 0 Å². The molecule has 0 bridgehead atoms. The van der Waals surface area contributed by atoms with Crippen molar-refractivity contribution in [2.45, 2.75) is 65.1 Å². The summed E-state index contributed by atoms with van der Waals surface area (Å²) >= 11 is 0. The number of nitrogens with one attached hydrogen (secondary N) is 3. The van der Waals surface area contributed by atoms with Crippen molar-refractivity contribution in [3.05, 3.63) is 0 Å². The van der Waals surface area contributed by atoms with Gasteiger partial charge in [0.25, 0.3) is 5.78 Å². The van der Waals surface area contributed by atoms with E-state index >= 15 is 0 Å². The Labute approximate surface area is 177 Å². The number of nitrogens with two attached hydrogens (primary N) is 2. The molecule has 0 aromatic rings. The minimum Gasteiger partial charge on any atom is -0.475 e. The van der Waals surface area contributed by atoms with E-state index < -0.39 is 41.8 Å². The van der Waals surface area contributed by atoms with Gasteiger partial charge in [-0.2, -0.15) is 0 Å². The van der Waals surface area contributed by atoms with Gasteiger partial charge < -0.3 is 26.6 Å². The molecular weight excluding hydrogens is 394 g/mol. The van der Waals surface area contributed by atoms with Crippen LogP contribution in [0.5, 0.6) is 0 Å². The van der Waals surface area contributed by atoms with Crippen molar-refractivity contribution in [2.24, 2.45) is 23.3 Å². The Balaban J connectivity index is 4.39. The molecule has 0 aliphatic carbocycles. The van der Waals surface area contributed by atoms with Crippen LogP contribution in [0.4, 0.5) is 0 Å². The van der Waals surface area contributed by atoms with E-state index in [9.17, 15) is 19.2 Å². The summed E-state index contributed by atoms with van der Waals surface area (Å²) in [7, 11) is 0. The maximum atomic E-state index is 12.1. The van der Waals surface area contributed by atoms with Crippen LogP contribution in [0.25, 0.3) is 0 Å². The molecule has 0 aliphatic rings. The van der Waals surface area contributed by atoms with Gasteiger partial charge in [-0.1, -0.05) is 27.7 Å². The molecule has 0 aliphatic heterocycles. The van der Waals surface area contributed by atoms with Gasteiger partial charge in [0.05, 0.1) is 25.4 Å². The van der Waals surface area contributed by atoms with Crippen LogP contribution < -0.4 is 27.4 Å². The highest BCUT2D eigenvalue weighted by molar-refractivity contribution is 6.34. The average Bonchev–Trinajstić information content (AvgIpc) is 2.65. The number of esters is 1. The topological polar surface area (TPSA) is 186 Å². The van der Waals surface area contributed by atoms with E-state index in [2.05, 4.69) is 16.0 Å². The molecule has 8 N–H and O–H groups in total. The summed E-state index contributed by atoms with van der Waals surface area (Å²) in [5, 5.41) is 16.9. The van der Waals surface area contributed by atoms with Gasteiger partial charge in [-0.05, 0) is 24.7 Å². The maximum absolute atomic E-state index is 12.1. The summed E-state index contributed by atoms with van der Waals surface area (Å²) in [6, 6.07) is -2.36. The van der Waals surface area contributed by atoms with Gasteiger partial charge in [-0.15, -0.1) is 0 Å². The highest BCUT2D eigenvalue weighted by atomic mass is 16.5. The molecule has 0 rings (SSSR count). The first-order valence-electron chi connectivity index (χ1n) is 10.1. The highest BCUT2D eigenvalue weighted by Crippen LogP contribution is 2.07. The zero-order chi connectivity index (χ0) is 23.3. The third kappa shape index (κ3) is 11.8. The Morgan fingerprint density at radius 1 is 0.967 bits per heavy atom. The molecule has 174 valence electrons. The Kier molecular flexibility index (Phi) is 13.8. The lowest BCUT2D eigenvalue weighted by atomic mass is 10.0. The fourth-order valence-electron chi connectivity index (χ4n) is 2.69. The molecule has 0 radical (unpaired) electrons. The van der Waals surface area contributed by atoms with Crippen molar-refractivity contribution in [3.63, 3.8) is 0 Å². The summed E-state index contributed by atoms with van der Waals surface area (Å²) in [5.74, 6) is -3.09. The number of aliphatic carboxylic acids is 1. The van der Waals surface area contributed by atoms with Crippen molar-refractivity contribution >= 4 is 23.6 Å². The standard InChI is InChI=1S/C19H37N5O6/c1-11(2)7-14(16(25)18(27)28)23-10-24-17(26)13(21)5-6-30-19(29)15(22-9-20)8-12(3)4/h11-15,22-23H,5-10,20-21H2,1-4H3,(H,24,26)(H,27,28)/t13-,14-,15-/m0/s1. The quantitative estimate of drug-likeness (QED) is 0.0995. The van der Waals surface area contributed by atoms with Gasteiger partial charge in [-0.25, -0.2) is 4.79 Å². The predicted molar refractivity (Wildman–Crippen MR) is 111 cm³/mol. The van der Waals surface area contributed by atoms with Crippen LogP contribution in [0, 0.1) is 11.8 Å². The van der Waals surface area contributed by atoms with Gasteiger partial charge in [0, 0.05) is 13.1 Å². The largest absolute Gasteiger partial charge is 0.475 e. The van der Waals surface area contributed by atoms with Crippen LogP contribution in [-0.2, 0) is 23.9 Å². The molecule has 0 unspecified atom stereocenters. The molecule has 30 heavy (non-hydrogen) atoms. The number of amides is 1. The zero-order valence-electron chi connectivity index (χ0n) is 18.3. The van der Waals surface area contributed by atoms with Crippen molar-refractivity contribution in [1.29, 1.82) is 0 Å². The fourth-order valence-corrected chi connectivity index (χ4v) is 2.69. The molecule has 1 amide bonds. The first-order chi connectivity index (χ1) is 14.0. The SMILES string of the molecule is CC(C)C[C@H](NCN)C(=O)OCC[C@H](N)C(=O)NCN[C@@H](CC(C)C)C(=O)C(=O)O. The summed E-state index contributed by atoms with van der Waals surface area (Å²) in [5.41, 5.74) is 11.2. The molecule has 0 saturated heterocycles. The number of Topliss-reactive ketones (excluding diaryl/α,β-unsaturated/α-hetero) is 1. The van der Waals surface area contributed by atoms with Crippen LogP contribution >= 0.6 is 0 Å². The Bertz CT molecular complexity index is 570. The summed E-state index contributed by atoms with van der Waals surface area (Å²) < 4.78 is 5.18. The molecule has 0 heterocycles. The summed E-state index contributed by atoms with van der Waals surface area (Å²) in [6.07, 6.45) is 0.996. The molecule has 0 spiro atoms. The van der Waals surface area contributed by atoms with Gasteiger partial charge >= 0.3 is 11.9 Å². The van der Waals surface area contributed by atoms with Crippen LogP contribution in [-0.4, -0.2) is 66.8 Å². The van der Waals surface area contributed by atoms with E-state index in [0.717, 1.165) is 0 Å². The first-order valence-corrected chi connectivity index (χ1v) is 10.1. The number of ether oxygens (including phenoxy) is 1. The second-order valence-corrected chi connectivity index (χ2v) is 7.93. The van der Waals surface area contributed by atoms with Gasteiger partial charge in [0.15, 0.2) is 0 Å². The lowest BCUT2D eigenvalue weighted by molar-refractivity contribution is -0.150. The summed E-state index contributed by atoms with van der Waals surface area (Å²) in [6.45, 7) is 7.66. The van der Waals surface area contributed by atoms with E-state index in [1.807, 2.05) is 27.7 Å². The Hall–Kier alpha value is -2.08. The highest BCUT2D eigenvalue weighted by Gasteiger charge is 2.25. The zero-order valence-corrected chi connectivity index (χ0v) is 18.3. The Morgan fingerprint density at radius 2 is 1.53 bits per heavy atom. The van der Waals surface area contributed by atoms with E-state index in [4.69, 9.17) is 21.3 Å². The monoisotopic (exact) mass is 431 g/mol. The second kappa shape index (κ2) is 14.8. The molecule has 0 saturated carbocycles. The predicted octanol–water partition coefficient (Wildman–Crippen LogP) is -1.10. The lowest BCUT2D eigenvalue weighted by Gasteiger charge is -2.20. The third-order valence-corrected chi connectivity index (χ3v) is 4.21. The second-order valence-electron chi connectivity index (χ2n) is 7.93. The molecule has 11 heteroatoms. The van der Waals surface area contributed by atoms with Crippen molar-refractivity contribution in [2.75, 3.05) is 19.9 Å². The number of hydrogen-bond acceptors (Lipinski definition) is 9. The number of carboxylic acid groups (broad SMARTS) is 1. The van der Waals surface area contributed by atoms with Crippen LogP contribution in [0.3, 0.4) is 0 Å². The minimum atomic E-state index is -1.53. The number of ketones is 1. The van der Waals surface area contributed by atoms with Crippen molar-refractivity contribution in [3.8, 4) is 0 Å². The lowest BCUT2D eigenvalue weighted by Crippen LogP contribution is -2.50. The summed E-state index contributed by atoms with van der Waals surface area (Å²) in [4.78, 5) is 46.8. The Morgan fingerprint density at radius 3 is 2.03 bits per heavy atom. The number of carboxylic acids is 1. The molecular formula is C19H37N5O6. The molecule has 11 nitrogen and oxygen atoms in total. The molecule has 0 aromatic heterocycles. The van der Waals surface area contributed by atoms with Crippen LogP contribution in [0.2, 0.25) is 0 Å². The third-order valence-electron chi connectivity index (χ3n) is 4.21. The molecule has 3 atom stereocenters. The van der Waals surface area contributed by atoms with Crippen molar-refractivity contribution in [1.82, 2.24) is 16.0 Å². The number of rotatable bonds is 16. The number of carbonyl (C=O) groups is 4. The van der Waals surface area contributed by atoms with E-state index in [1.165, 1.54) is 0 Å². The number of hydrogen-bond donors (Lipinski definition) is 6. The average molecular weight is 432 g/mol. The van der Waals surface area contributed by atoms with Gasteiger partial charge in [-0.3, -0.25) is 25.0 Å². The van der Waals surface area contributed by atoms with E-state index in [-0.39, 0.29) is 38.2 Å². The maximum Gasteiger partial charge on any atom is 0.373 e. The van der Waals surface area contributed by atoms with Crippen molar-refractivity contribution < 1.29 is 29.0 Å².